The Morgan fingerprint density at radius 2 is 2.09 bits per heavy atom. The lowest BCUT2D eigenvalue weighted by molar-refractivity contribution is -0.124. The van der Waals surface area contributed by atoms with Gasteiger partial charge in [0.25, 0.3) is 0 Å². The third-order valence-electron chi connectivity index (χ3n) is 6.58. The number of carbonyl (C=O) groups excluding carboxylic acids is 1. The Bertz CT molecular complexity index is 1120. The van der Waals surface area contributed by atoms with Crippen molar-refractivity contribution in [3.63, 3.8) is 0 Å². The average Bonchev–Trinajstić information content (AvgIpc) is 3.57. The van der Waals surface area contributed by atoms with Gasteiger partial charge in [0, 0.05) is 18.0 Å². The molecule has 1 unspecified atom stereocenters. The van der Waals surface area contributed by atoms with Gasteiger partial charge in [-0.1, -0.05) is 42.5 Å². The Morgan fingerprint density at radius 3 is 2.78 bits per heavy atom. The summed E-state index contributed by atoms with van der Waals surface area (Å²) in [5.74, 6) is -0.248. The second-order valence-electron chi connectivity index (χ2n) is 8.69. The van der Waals surface area contributed by atoms with Gasteiger partial charge in [-0.05, 0) is 42.4 Å². The van der Waals surface area contributed by atoms with Crippen LogP contribution in [0, 0.1) is 23.1 Å². The van der Waals surface area contributed by atoms with Crippen LogP contribution >= 0.6 is 0 Å². The maximum absolute atomic E-state index is 14.8. The summed E-state index contributed by atoms with van der Waals surface area (Å²) in [5, 5.41) is 15.6. The number of halogens is 1. The second kappa shape index (κ2) is 8.64. The SMILES string of the molecule is N#C[C@H](Cc1ccc(C2=NC(c3ccccc3)N=C2)cc1F)NC(=O)[C@H]1N[C@@H]2CC[C@H]1C2. The van der Waals surface area contributed by atoms with E-state index < -0.39 is 11.9 Å². The smallest absolute Gasteiger partial charge is 0.238 e. The van der Waals surface area contributed by atoms with Crippen molar-refractivity contribution in [2.75, 3.05) is 0 Å². The van der Waals surface area contributed by atoms with Gasteiger partial charge in [-0.15, -0.1) is 0 Å². The molecule has 1 saturated heterocycles. The lowest BCUT2D eigenvalue weighted by atomic mass is 9.98. The standard InChI is InChI=1S/C25H24FN5O/c26-21-12-17(22-14-28-24(31-22)15-4-2-1-3-5-15)7-6-16(21)10-20(13-27)30-25(32)23-18-8-9-19(11-18)29-23/h1-7,12,14,18-20,23-24,29H,8-11H2,(H,30,32)/t18-,19+,20-,23-,24?/m0/s1. The van der Waals surface area contributed by atoms with Crippen molar-refractivity contribution in [3.05, 3.63) is 71.0 Å². The van der Waals surface area contributed by atoms with Crippen LogP contribution in [-0.2, 0) is 11.2 Å². The molecule has 2 aliphatic heterocycles. The fourth-order valence-electron chi connectivity index (χ4n) is 4.91. The number of fused-ring (bicyclic) bond motifs is 2. The molecule has 2 bridgehead atoms. The summed E-state index contributed by atoms with van der Waals surface area (Å²) in [7, 11) is 0. The topological polar surface area (TPSA) is 89.6 Å². The number of aliphatic imine (C=N–C) groups is 2. The first-order chi connectivity index (χ1) is 15.6. The quantitative estimate of drug-likeness (QED) is 0.740. The van der Waals surface area contributed by atoms with E-state index in [1.54, 1.807) is 18.3 Å². The van der Waals surface area contributed by atoms with Crippen molar-refractivity contribution in [1.82, 2.24) is 10.6 Å². The maximum Gasteiger partial charge on any atom is 0.238 e. The number of nitriles is 1. The zero-order chi connectivity index (χ0) is 22.1. The van der Waals surface area contributed by atoms with Gasteiger partial charge >= 0.3 is 0 Å². The molecule has 5 atom stereocenters. The highest BCUT2D eigenvalue weighted by Gasteiger charge is 2.43. The minimum Gasteiger partial charge on any atom is -0.339 e. The molecule has 2 heterocycles. The molecule has 0 radical (unpaired) electrons. The van der Waals surface area contributed by atoms with Crippen molar-refractivity contribution < 1.29 is 9.18 Å². The van der Waals surface area contributed by atoms with Gasteiger partial charge in [0.05, 0.1) is 24.0 Å². The van der Waals surface area contributed by atoms with Crippen LogP contribution in [0.3, 0.4) is 0 Å². The molecule has 32 heavy (non-hydrogen) atoms. The molecule has 0 aromatic heterocycles. The van der Waals surface area contributed by atoms with Crippen LogP contribution in [0.1, 0.15) is 42.1 Å². The Morgan fingerprint density at radius 1 is 1.25 bits per heavy atom. The Hall–Kier alpha value is -3.37. The normalized spacial score (nSPS) is 26.6. The number of rotatable bonds is 6. The molecule has 2 N–H and O–H groups in total. The van der Waals surface area contributed by atoms with Crippen LogP contribution < -0.4 is 10.6 Å². The lowest BCUT2D eigenvalue weighted by Crippen LogP contribution is -2.50. The molecular formula is C25H24FN5O. The van der Waals surface area contributed by atoms with Gasteiger partial charge in [-0.2, -0.15) is 5.26 Å². The van der Waals surface area contributed by atoms with E-state index in [9.17, 15) is 14.4 Å². The van der Waals surface area contributed by atoms with Crippen LogP contribution in [0.5, 0.6) is 0 Å². The first-order valence-electron chi connectivity index (χ1n) is 11.0. The molecule has 5 rings (SSSR count). The van der Waals surface area contributed by atoms with E-state index in [0.717, 1.165) is 24.8 Å². The van der Waals surface area contributed by atoms with Gasteiger partial charge in [-0.3, -0.25) is 14.8 Å². The van der Waals surface area contributed by atoms with Crippen molar-refractivity contribution in [3.8, 4) is 6.07 Å². The summed E-state index contributed by atoms with van der Waals surface area (Å²) in [6.07, 6.45) is 4.63. The summed E-state index contributed by atoms with van der Waals surface area (Å²) >= 11 is 0. The Balaban J connectivity index is 1.25. The van der Waals surface area contributed by atoms with E-state index in [0.29, 0.717) is 28.8 Å². The fourth-order valence-corrected chi connectivity index (χ4v) is 4.91. The summed E-state index contributed by atoms with van der Waals surface area (Å²) in [4.78, 5) is 21.6. The van der Waals surface area contributed by atoms with E-state index in [1.165, 1.54) is 6.07 Å². The van der Waals surface area contributed by atoms with Crippen molar-refractivity contribution >= 4 is 17.8 Å². The third kappa shape index (κ3) is 4.06. The maximum atomic E-state index is 14.8. The first kappa shape index (κ1) is 20.5. The Kier molecular flexibility index (Phi) is 5.54. The van der Waals surface area contributed by atoms with Gasteiger partial charge < -0.3 is 10.6 Å². The average molecular weight is 429 g/mol. The monoisotopic (exact) mass is 429 g/mol. The van der Waals surface area contributed by atoms with Crippen molar-refractivity contribution in [2.45, 2.75) is 50.0 Å². The van der Waals surface area contributed by atoms with E-state index in [1.807, 2.05) is 30.3 Å². The van der Waals surface area contributed by atoms with Gasteiger partial charge in [-0.25, -0.2) is 4.39 Å². The minimum absolute atomic E-state index is 0.113. The van der Waals surface area contributed by atoms with E-state index in [4.69, 9.17) is 0 Å². The molecular weight excluding hydrogens is 405 g/mol. The predicted molar refractivity (Wildman–Crippen MR) is 120 cm³/mol. The molecule has 3 aliphatic rings. The molecule has 6 nitrogen and oxygen atoms in total. The number of hydrogen-bond donors (Lipinski definition) is 2. The molecule has 2 aromatic rings. The van der Waals surface area contributed by atoms with Crippen LogP contribution in [0.15, 0.2) is 58.5 Å². The largest absolute Gasteiger partial charge is 0.339 e. The molecule has 162 valence electrons. The van der Waals surface area contributed by atoms with E-state index >= 15 is 0 Å². The van der Waals surface area contributed by atoms with Crippen LogP contribution in [0.25, 0.3) is 0 Å². The molecule has 1 aliphatic carbocycles. The van der Waals surface area contributed by atoms with Crippen LogP contribution in [0.4, 0.5) is 4.39 Å². The number of nitrogens with one attached hydrogen (secondary N) is 2. The number of carbonyl (C=O) groups is 1. The summed E-state index contributed by atoms with van der Waals surface area (Å²) in [6, 6.07) is 16.1. The van der Waals surface area contributed by atoms with Crippen LogP contribution in [-0.4, -0.2) is 36.0 Å². The molecule has 7 heteroatoms. The number of nitrogens with zero attached hydrogens (tertiary/aromatic N) is 3. The molecule has 1 saturated carbocycles. The molecule has 2 fully saturated rings. The summed E-state index contributed by atoms with van der Waals surface area (Å²) in [5.41, 5.74) is 2.62. The van der Waals surface area contributed by atoms with Gasteiger partial charge in [0.15, 0.2) is 6.17 Å². The van der Waals surface area contributed by atoms with E-state index in [2.05, 4.69) is 26.7 Å². The minimum atomic E-state index is -0.781. The van der Waals surface area contributed by atoms with E-state index in [-0.39, 0.29) is 24.5 Å². The highest BCUT2D eigenvalue weighted by molar-refractivity contribution is 6.39. The van der Waals surface area contributed by atoms with Gasteiger partial charge in [0.1, 0.15) is 11.9 Å². The lowest BCUT2D eigenvalue weighted by Gasteiger charge is -2.23. The zero-order valence-electron chi connectivity index (χ0n) is 17.5. The predicted octanol–water partition coefficient (Wildman–Crippen LogP) is 3.09. The highest BCUT2D eigenvalue weighted by atomic mass is 19.1. The number of amides is 1. The summed E-state index contributed by atoms with van der Waals surface area (Å²) in [6.45, 7) is 0. The number of piperidine rings is 1. The zero-order valence-corrected chi connectivity index (χ0v) is 17.5. The molecule has 1 amide bonds. The first-order valence-corrected chi connectivity index (χ1v) is 11.0. The molecule has 0 spiro atoms. The van der Waals surface area contributed by atoms with Crippen LogP contribution in [0.2, 0.25) is 0 Å². The Labute approximate surface area is 186 Å². The highest BCUT2D eigenvalue weighted by Crippen LogP contribution is 2.35. The fraction of sp³-hybridized carbons (Fsp3) is 0.360. The number of benzene rings is 2. The summed E-state index contributed by atoms with van der Waals surface area (Å²) < 4.78 is 14.8. The third-order valence-corrected chi connectivity index (χ3v) is 6.58. The second-order valence-corrected chi connectivity index (χ2v) is 8.69. The molecule has 2 aromatic carbocycles. The van der Waals surface area contributed by atoms with Crippen molar-refractivity contribution in [2.24, 2.45) is 15.9 Å². The number of hydrogen-bond acceptors (Lipinski definition) is 5. The van der Waals surface area contributed by atoms with Gasteiger partial charge in [0.2, 0.25) is 5.91 Å². The van der Waals surface area contributed by atoms with Crippen molar-refractivity contribution in [1.29, 1.82) is 5.26 Å².